The zero-order valence-electron chi connectivity index (χ0n) is 10.7. The van der Waals surface area contributed by atoms with E-state index in [0.717, 1.165) is 0 Å². The number of para-hydroxylation sites is 1. The molecule has 20 heavy (non-hydrogen) atoms. The monoisotopic (exact) mass is 268 g/mol. The van der Waals surface area contributed by atoms with E-state index >= 15 is 0 Å². The Labute approximate surface area is 116 Å². The number of carbonyl (C=O) groups is 1. The molecule has 0 saturated heterocycles. The Morgan fingerprint density at radius 2 is 1.85 bits per heavy atom. The van der Waals surface area contributed by atoms with Crippen molar-refractivity contribution >= 4 is 17.3 Å². The molecule has 0 radical (unpaired) electrons. The van der Waals surface area contributed by atoms with E-state index in [1.54, 1.807) is 30.3 Å². The third-order valence-electron chi connectivity index (χ3n) is 2.65. The van der Waals surface area contributed by atoms with E-state index in [4.69, 9.17) is 6.42 Å². The highest BCUT2D eigenvalue weighted by Crippen LogP contribution is 2.21. The molecule has 2 aromatic carbocycles. The van der Waals surface area contributed by atoms with Crippen LogP contribution in [0.1, 0.15) is 10.4 Å². The molecule has 0 spiro atoms. The Morgan fingerprint density at radius 3 is 2.55 bits per heavy atom. The van der Waals surface area contributed by atoms with Crippen LogP contribution in [-0.2, 0) is 0 Å². The molecule has 2 aromatic rings. The highest BCUT2D eigenvalue weighted by Gasteiger charge is 2.10. The van der Waals surface area contributed by atoms with Crippen molar-refractivity contribution in [1.29, 1.82) is 0 Å². The van der Waals surface area contributed by atoms with Crippen LogP contribution in [0.4, 0.5) is 15.8 Å². The minimum Gasteiger partial charge on any atom is -0.355 e. The van der Waals surface area contributed by atoms with Crippen LogP contribution in [0.25, 0.3) is 0 Å². The number of amides is 1. The first-order valence-electron chi connectivity index (χ1n) is 6.04. The van der Waals surface area contributed by atoms with Crippen LogP contribution in [0.3, 0.4) is 0 Å². The number of nitrogens with one attached hydrogen (secondary N) is 2. The molecule has 0 aliphatic carbocycles. The number of rotatable bonds is 4. The Hall–Kier alpha value is -2.80. The summed E-state index contributed by atoms with van der Waals surface area (Å²) in [5.41, 5.74) is 1.81. The normalized spacial score (nSPS) is 9.60. The maximum Gasteiger partial charge on any atom is 0.254 e. The molecule has 4 heteroatoms. The van der Waals surface area contributed by atoms with Crippen molar-refractivity contribution in [2.75, 3.05) is 11.9 Å². The molecule has 2 rings (SSSR count). The standard InChI is InChI=1S/C16H13FN2O/c1-2-11-18-16(20)14-5-3-4-6-15(14)19-13-9-7-12(17)8-10-13/h1,3-10,19H,11H2,(H,18,20). The van der Waals surface area contributed by atoms with Crippen molar-refractivity contribution < 1.29 is 9.18 Å². The second-order valence-electron chi connectivity index (χ2n) is 4.06. The number of benzene rings is 2. The fourth-order valence-corrected chi connectivity index (χ4v) is 1.71. The van der Waals surface area contributed by atoms with Crippen molar-refractivity contribution in [2.24, 2.45) is 0 Å². The van der Waals surface area contributed by atoms with Crippen molar-refractivity contribution in [3.63, 3.8) is 0 Å². The first-order valence-corrected chi connectivity index (χ1v) is 6.04. The molecular formula is C16H13FN2O. The van der Waals surface area contributed by atoms with Crippen molar-refractivity contribution in [2.45, 2.75) is 0 Å². The smallest absolute Gasteiger partial charge is 0.254 e. The van der Waals surface area contributed by atoms with Crippen LogP contribution < -0.4 is 10.6 Å². The number of hydrogen-bond acceptors (Lipinski definition) is 2. The molecule has 1 amide bonds. The summed E-state index contributed by atoms with van der Waals surface area (Å²) in [6.07, 6.45) is 5.11. The largest absolute Gasteiger partial charge is 0.355 e. The van der Waals surface area contributed by atoms with E-state index in [2.05, 4.69) is 16.6 Å². The molecule has 0 aliphatic heterocycles. The van der Waals surface area contributed by atoms with E-state index in [9.17, 15) is 9.18 Å². The van der Waals surface area contributed by atoms with E-state index in [1.165, 1.54) is 12.1 Å². The molecule has 3 nitrogen and oxygen atoms in total. The van der Waals surface area contributed by atoms with Crippen molar-refractivity contribution in [3.05, 3.63) is 59.9 Å². The molecule has 0 heterocycles. The summed E-state index contributed by atoms with van der Waals surface area (Å²) < 4.78 is 12.9. The third-order valence-corrected chi connectivity index (χ3v) is 2.65. The molecule has 0 atom stereocenters. The summed E-state index contributed by atoms with van der Waals surface area (Å²) in [6, 6.07) is 12.9. The summed E-state index contributed by atoms with van der Waals surface area (Å²) in [7, 11) is 0. The van der Waals surface area contributed by atoms with Gasteiger partial charge in [-0.2, -0.15) is 0 Å². The molecule has 0 fully saturated rings. The van der Waals surface area contributed by atoms with Crippen LogP contribution >= 0.6 is 0 Å². The minimum absolute atomic E-state index is 0.170. The van der Waals surface area contributed by atoms with E-state index in [1.807, 2.05) is 6.07 Å². The first kappa shape index (κ1) is 13.6. The molecule has 2 N–H and O–H groups in total. The lowest BCUT2D eigenvalue weighted by molar-refractivity contribution is 0.0959. The summed E-state index contributed by atoms with van der Waals surface area (Å²) in [5, 5.41) is 5.69. The number of terminal acetylenes is 1. The Morgan fingerprint density at radius 1 is 1.15 bits per heavy atom. The Bertz CT molecular complexity index is 644. The molecule has 0 saturated carbocycles. The Balaban J connectivity index is 2.21. The summed E-state index contributed by atoms with van der Waals surface area (Å²) in [4.78, 5) is 12.0. The van der Waals surface area contributed by atoms with Gasteiger partial charge in [-0.3, -0.25) is 4.79 Å². The van der Waals surface area contributed by atoms with Crippen LogP contribution in [0, 0.1) is 18.2 Å². The maximum absolute atomic E-state index is 12.9. The molecular weight excluding hydrogens is 255 g/mol. The first-order chi connectivity index (χ1) is 9.70. The fraction of sp³-hybridized carbons (Fsp3) is 0.0625. The average Bonchev–Trinajstić information content (AvgIpc) is 2.48. The van der Waals surface area contributed by atoms with Crippen LogP contribution in [0.2, 0.25) is 0 Å². The lowest BCUT2D eigenvalue weighted by Crippen LogP contribution is -2.24. The summed E-state index contributed by atoms with van der Waals surface area (Å²) in [5.74, 6) is 1.78. The number of carbonyl (C=O) groups excluding carboxylic acids is 1. The minimum atomic E-state index is -0.310. The van der Waals surface area contributed by atoms with Gasteiger partial charge in [0.2, 0.25) is 0 Å². The van der Waals surface area contributed by atoms with E-state index < -0.39 is 0 Å². The van der Waals surface area contributed by atoms with Gasteiger partial charge in [-0.1, -0.05) is 18.1 Å². The summed E-state index contributed by atoms with van der Waals surface area (Å²) in [6.45, 7) is 0.170. The van der Waals surface area contributed by atoms with Gasteiger partial charge in [-0.15, -0.1) is 6.42 Å². The van der Waals surface area contributed by atoms with E-state index in [0.29, 0.717) is 16.9 Å². The van der Waals surface area contributed by atoms with E-state index in [-0.39, 0.29) is 18.3 Å². The number of halogens is 1. The van der Waals surface area contributed by atoms with Gasteiger partial charge in [-0.05, 0) is 36.4 Å². The van der Waals surface area contributed by atoms with Gasteiger partial charge < -0.3 is 10.6 Å². The van der Waals surface area contributed by atoms with Gasteiger partial charge in [0.25, 0.3) is 5.91 Å². The van der Waals surface area contributed by atoms with Crippen LogP contribution in [-0.4, -0.2) is 12.5 Å². The van der Waals surface area contributed by atoms with Crippen molar-refractivity contribution in [1.82, 2.24) is 5.32 Å². The number of anilines is 2. The quantitative estimate of drug-likeness (QED) is 0.837. The third kappa shape index (κ3) is 3.36. The zero-order valence-corrected chi connectivity index (χ0v) is 10.7. The highest BCUT2D eigenvalue weighted by atomic mass is 19.1. The van der Waals surface area contributed by atoms with Gasteiger partial charge in [0, 0.05) is 5.69 Å². The zero-order chi connectivity index (χ0) is 14.4. The maximum atomic E-state index is 12.9. The molecule has 0 unspecified atom stereocenters. The van der Waals surface area contributed by atoms with Gasteiger partial charge >= 0.3 is 0 Å². The molecule has 0 aromatic heterocycles. The topological polar surface area (TPSA) is 41.1 Å². The van der Waals surface area contributed by atoms with Crippen LogP contribution in [0.15, 0.2) is 48.5 Å². The molecule has 100 valence electrons. The van der Waals surface area contributed by atoms with Gasteiger partial charge in [0.05, 0.1) is 17.8 Å². The van der Waals surface area contributed by atoms with Crippen molar-refractivity contribution in [3.8, 4) is 12.3 Å². The molecule has 0 bridgehead atoms. The lowest BCUT2D eigenvalue weighted by atomic mass is 10.1. The average molecular weight is 268 g/mol. The Kier molecular flexibility index (Phi) is 4.35. The predicted molar refractivity (Wildman–Crippen MR) is 77.3 cm³/mol. The fourth-order valence-electron chi connectivity index (χ4n) is 1.71. The SMILES string of the molecule is C#CCNC(=O)c1ccccc1Nc1ccc(F)cc1. The van der Waals surface area contributed by atoms with Gasteiger partial charge in [0.1, 0.15) is 5.82 Å². The lowest BCUT2D eigenvalue weighted by Gasteiger charge is -2.11. The second-order valence-corrected chi connectivity index (χ2v) is 4.06. The second kappa shape index (κ2) is 6.39. The van der Waals surface area contributed by atoms with Crippen LogP contribution in [0.5, 0.6) is 0 Å². The van der Waals surface area contributed by atoms with Gasteiger partial charge in [-0.25, -0.2) is 4.39 Å². The number of hydrogen-bond donors (Lipinski definition) is 2. The molecule has 0 aliphatic rings. The summed E-state index contributed by atoms with van der Waals surface area (Å²) >= 11 is 0. The predicted octanol–water partition coefficient (Wildman–Crippen LogP) is 2.93. The van der Waals surface area contributed by atoms with Gasteiger partial charge in [0.15, 0.2) is 0 Å². The highest BCUT2D eigenvalue weighted by molar-refractivity contribution is 6.00.